The van der Waals surface area contributed by atoms with Gasteiger partial charge in [-0.15, -0.1) is 0 Å². The van der Waals surface area contributed by atoms with Crippen molar-refractivity contribution in [2.24, 2.45) is 0 Å². The standard InChI is InChI=1S/C20H34O12/c21-9-11-13(23)15(25)17(27)19(31-11)29-7-5-3-1-2-4-6-8-30-20-18(28)16(26)14(24)12(10-22)32-20/h1-4,11-28H,5-10H2/t11?,12?,13-,14+,15+,16?,17?,18?,19+,20-/m1/s1. The van der Waals surface area contributed by atoms with Crippen molar-refractivity contribution in [1.82, 2.24) is 0 Å². The van der Waals surface area contributed by atoms with Gasteiger partial charge in [0, 0.05) is 0 Å². The molecule has 0 saturated carbocycles. The van der Waals surface area contributed by atoms with Gasteiger partial charge in [0.1, 0.15) is 48.8 Å². The zero-order valence-corrected chi connectivity index (χ0v) is 17.5. The van der Waals surface area contributed by atoms with E-state index in [2.05, 4.69) is 0 Å². The average molecular weight is 466 g/mol. The van der Waals surface area contributed by atoms with Gasteiger partial charge in [0.25, 0.3) is 0 Å². The topological polar surface area (TPSA) is 199 Å². The molecule has 0 amide bonds. The van der Waals surface area contributed by atoms with E-state index in [-0.39, 0.29) is 13.2 Å². The SMILES string of the molecule is OCC1O[C@@H](OCCC=CC=CCCO[C@H]2OC(CO)[C@@H](O)[C@H](O)C2O)C(O)C(O)[C@H]1O. The van der Waals surface area contributed by atoms with Gasteiger partial charge in [0.2, 0.25) is 0 Å². The predicted molar refractivity (Wildman–Crippen MR) is 107 cm³/mol. The van der Waals surface area contributed by atoms with Gasteiger partial charge < -0.3 is 59.8 Å². The minimum atomic E-state index is -1.48. The molecule has 8 N–H and O–H groups in total. The Morgan fingerprint density at radius 2 is 0.938 bits per heavy atom. The number of hydrogen-bond acceptors (Lipinski definition) is 12. The Balaban J connectivity index is 1.60. The molecule has 0 aliphatic carbocycles. The number of rotatable bonds is 11. The smallest absolute Gasteiger partial charge is 0.186 e. The Hall–Kier alpha value is -1.00. The number of allylic oxidation sites excluding steroid dienone is 2. The molecule has 2 aliphatic heterocycles. The van der Waals surface area contributed by atoms with Gasteiger partial charge in [-0.2, -0.15) is 0 Å². The zero-order chi connectivity index (χ0) is 23.7. The fourth-order valence-electron chi connectivity index (χ4n) is 3.26. The number of aliphatic hydroxyl groups excluding tert-OH is 8. The zero-order valence-electron chi connectivity index (χ0n) is 17.5. The molecule has 2 aliphatic rings. The van der Waals surface area contributed by atoms with Crippen LogP contribution in [0.25, 0.3) is 0 Å². The molecule has 12 heteroatoms. The summed E-state index contributed by atoms with van der Waals surface area (Å²) in [5.41, 5.74) is 0. The van der Waals surface area contributed by atoms with Crippen molar-refractivity contribution in [2.45, 2.75) is 74.3 Å². The fraction of sp³-hybridized carbons (Fsp3) is 0.800. The van der Waals surface area contributed by atoms with Crippen LogP contribution in [0.5, 0.6) is 0 Å². The van der Waals surface area contributed by atoms with Gasteiger partial charge in [-0.3, -0.25) is 0 Å². The molecule has 0 aromatic rings. The molecule has 0 radical (unpaired) electrons. The summed E-state index contributed by atoms with van der Waals surface area (Å²) in [6.07, 6.45) is -4.97. The monoisotopic (exact) mass is 466 g/mol. The first-order chi connectivity index (χ1) is 15.3. The lowest BCUT2D eigenvalue weighted by Gasteiger charge is -2.39. The summed E-state index contributed by atoms with van der Waals surface area (Å²) in [4.78, 5) is 0. The van der Waals surface area contributed by atoms with E-state index >= 15 is 0 Å². The molecule has 186 valence electrons. The first-order valence-electron chi connectivity index (χ1n) is 10.5. The molecule has 2 saturated heterocycles. The molecule has 10 atom stereocenters. The first kappa shape index (κ1) is 27.2. The van der Waals surface area contributed by atoms with Crippen LogP contribution in [0.2, 0.25) is 0 Å². The van der Waals surface area contributed by atoms with Crippen molar-refractivity contribution in [1.29, 1.82) is 0 Å². The minimum absolute atomic E-state index is 0.174. The van der Waals surface area contributed by atoms with Crippen molar-refractivity contribution in [2.75, 3.05) is 26.4 Å². The van der Waals surface area contributed by atoms with Crippen molar-refractivity contribution in [3.63, 3.8) is 0 Å². The normalized spacial score (nSPS) is 41.0. The van der Waals surface area contributed by atoms with Crippen LogP contribution < -0.4 is 0 Å². The second kappa shape index (κ2) is 13.6. The van der Waals surface area contributed by atoms with Crippen LogP contribution in [-0.4, -0.2) is 129 Å². The maximum atomic E-state index is 9.87. The van der Waals surface area contributed by atoms with Crippen LogP contribution in [0.3, 0.4) is 0 Å². The maximum absolute atomic E-state index is 9.87. The lowest BCUT2D eigenvalue weighted by molar-refractivity contribution is -0.300. The average Bonchev–Trinajstić information content (AvgIpc) is 2.79. The molecule has 0 bridgehead atoms. The molecule has 0 aromatic heterocycles. The largest absolute Gasteiger partial charge is 0.394 e. The summed E-state index contributed by atoms with van der Waals surface area (Å²) in [5.74, 6) is 0. The Morgan fingerprint density at radius 1 is 0.562 bits per heavy atom. The number of aliphatic hydroxyl groups is 8. The van der Waals surface area contributed by atoms with Crippen molar-refractivity contribution in [3.8, 4) is 0 Å². The molecule has 2 heterocycles. The lowest BCUT2D eigenvalue weighted by Crippen LogP contribution is -2.59. The number of hydrogen-bond donors (Lipinski definition) is 8. The van der Waals surface area contributed by atoms with Crippen LogP contribution in [0.4, 0.5) is 0 Å². The third-order valence-electron chi connectivity index (χ3n) is 5.21. The van der Waals surface area contributed by atoms with Gasteiger partial charge >= 0.3 is 0 Å². The van der Waals surface area contributed by atoms with E-state index in [4.69, 9.17) is 29.2 Å². The Bertz CT molecular complexity index is 533. The summed E-state index contributed by atoms with van der Waals surface area (Å²) >= 11 is 0. The fourth-order valence-corrected chi connectivity index (χ4v) is 3.26. The highest BCUT2D eigenvalue weighted by atomic mass is 16.7. The van der Waals surface area contributed by atoms with Crippen molar-refractivity contribution < 1.29 is 59.8 Å². The summed E-state index contributed by atoms with van der Waals surface area (Å²) in [7, 11) is 0. The van der Waals surface area contributed by atoms with E-state index in [1.165, 1.54) is 0 Å². The molecule has 0 spiro atoms. The first-order valence-corrected chi connectivity index (χ1v) is 10.5. The van der Waals surface area contributed by atoms with Gasteiger partial charge in [-0.1, -0.05) is 24.3 Å². The highest BCUT2D eigenvalue weighted by molar-refractivity contribution is 5.02. The van der Waals surface area contributed by atoms with E-state index in [9.17, 15) is 30.6 Å². The summed E-state index contributed by atoms with van der Waals surface area (Å²) < 4.78 is 21.2. The summed E-state index contributed by atoms with van der Waals surface area (Å²) in [5, 5.41) is 76.8. The van der Waals surface area contributed by atoms with E-state index < -0.39 is 74.6 Å². The minimum Gasteiger partial charge on any atom is -0.394 e. The molecule has 2 rings (SSSR count). The molecule has 5 unspecified atom stereocenters. The van der Waals surface area contributed by atoms with E-state index in [1.54, 1.807) is 24.3 Å². The molecular formula is C20H34O12. The van der Waals surface area contributed by atoms with E-state index in [0.717, 1.165) is 0 Å². The van der Waals surface area contributed by atoms with Crippen molar-refractivity contribution >= 4 is 0 Å². The van der Waals surface area contributed by atoms with Crippen LogP contribution >= 0.6 is 0 Å². The molecular weight excluding hydrogens is 432 g/mol. The third kappa shape index (κ3) is 7.25. The second-order valence-electron chi connectivity index (χ2n) is 7.57. The van der Waals surface area contributed by atoms with Crippen molar-refractivity contribution in [3.05, 3.63) is 24.3 Å². The highest BCUT2D eigenvalue weighted by Gasteiger charge is 2.44. The molecule has 0 aromatic carbocycles. The van der Waals surface area contributed by atoms with Crippen LogP contribution in [-0.2, 0) is 18.9 Å². The third-order valence-corrected chi connectivity index (χ3v) is 5.21. The Labute approximate surface area is 185 Å². The molecule has 12 nitrogen and oxygen atoms in total. The van der Waals surface area contributed by atoms with E-state index in [0.29, 0.717) is 12.8 Å². The second-order valence-corrected chi connectivity index (χ2v) is 7.57. The highest BCUT2D eigenvalue weighted by Crippen LogP contribution is 2.23. The van der Waals surface area contributed by atoms with Gasteiger partial charge in [0.15, 0.2) is 12.6 Å². The van der Waals surface area contributed by atoms with Gasteiger partial charge in [-0.25, -0.2) is 0 Å². The Kier molecular flexibility index (Phi) is 11.6. The van der Waals surface area contributed by atoms with E-state index in [1.807, 2.05) is 0 Å². The van der Waals surface area contributed by atoms with Gasteiger partial charge in [-0.05, 0) is 12.8 Å². The molecule has 32 heavy (non-hydrogen) atoms. The number of ether oxygens (including phenoxy) is 4. The van der Waals surface area contributed by atoms with Crippen LogP contribution in [0.15, 0.2) is 24.3 Å². The quantitative estimate of drug-likeness (QED) is 0.111. The van der Waals surface area contributed by atoms with Crippen LogP contribution in [0.1, 0.15) is 12.8 Å². The van der Waals surface area contributed by atoms with Crippen LogP contribution in [0, 0.1) is 0 Å². The summed E-state index contributed by atoms with van der Waals surface area (Å²) in [6, 6.07) is 0. The summed E-state index contributed by atoms with van der Waals surface area (Å²) in [6.45, 7) is -0.689. The predicted octanol–water partition coefficient (Wildman–Crippen LogP) is -3.49. The molecule has 2 fully saturated rings. The lowest BCUT2D eigenvalue weighted by atomic mass is 9.99. The van der Waals surface area contributed by atoms with Gasteiger partial charge in [0.05, 0.1) is 26.4 Å². The maximum Gasteiger partial charge on any atom is 0.186 e. The Morgan fingerprint density at radius 3 is 1.28 bits per heavy atom.